The molecule has 1 atom stereocenters. The molecule has 3 aromatic carbocycles. The molecule has 0 spiro atoms. The van der Waals surface area contributed by atoms with Crippen molar-refractivity contribution in [3.8, 4) is 0 Å². The molecule has 0 saturated heterocycles. The van der Waals surface area contributed by atoms with E-state index in [1.165, 1.54) is 6.08 Å². The van der Waals surface area contributed by atoms with Gasteiger partial charge in [0, 0.05) is 6.08 Å². The minimum Gasteiger partial charge on any atom is -0.345 e. The lowest BCUT2D eigenvalue weighted by molar-refractivity contribution is -0.111. The summed E-state index contributed by atoms with van der Waals surface area (Å²) in [6.07, 6.45) is 3.21. The highest BCUT2D eigenvalue weighted by molar-refractivity contribution is 6.07. The first kappa shape index (κ1) is 20.1. The van der Waals surface area contributed by atoms with Gasteiger partial charge in [0.2, 0.25) is 5.91 Å². The van der Waals surface area contributed by atoms with E-state index >= 15 is 0 Å². The van der Waals surface area contributed by atoms with E-state index in [1.807, 2.05) is 68.4 Å². The predicted octanol–water partition coefficient (Wildman–Crippen LogP) is 5.14. The van der Waals surface area contributed by atoms with Crippen molar-refractivity contribution in [1.82, 2.24) is 5.32 Å². The maximum Gasteiger partial charge on any atom is 0.253 e. The number of hydrogen-bond donors (Lipinski definition) is 2. The second kappa shape index (κ2) is 9.51. The Bertz CT molecular complexity index is 1010. The van der Waals surface area contributed by atoms with E-state index in [1.54, 1.807) is 30.3 Å². The first-order chi connectivity index (χ1) is 14.0. The normalized spacial score (nSPS) is 11.8. The standard InChI is InChI=1S/C25H24N2O2/c1-18-12-14-20(15-13-18)16-17-24(28)27-23-11-7-6-10-22(23)25(29)26-19(2)21-8-4-3-5-9-21/h3-17,19H,1-2H3,(H,26,29)(H,27,28)/b17-16+. The number of nitrogens with one attached hydrogen (secondary N) is 2. The van der Waals surface area contributed by atoms with Crippen molar-refractivity contribution in [2.75, 3.05) is 5.32 Å². The summed E-state index contributed by atoms with van der Waals surface area (Å²) in [5, 5.41) is 5.78. The molecule has 0 aliphatic rings. The quantitative estimate of drug-likeness (QED) is 0.578. The second-order valence-electron chi connectivity index (χ2n) is 6.88. The van der Waals surface area contributed by atoms with Crippen molar-refractivity contribution in [2.45, 2.75) is 19.9 Å². The first-order valence-corrected chi connectivity index (χ1v) is 9.53. The molecule has 3 aromatic rings. The maximum atomic E-state index is 12.8. The molecule has 1 unspecified atom stereocenters. The Morgan fingerprint density at radius 2 is 1.52 bits per heavy atom. The molecule has 0 heterocycles. The average Bonchev–Trinajstić information content (AvgIpc) is 2.74. The van der Waals surface area contributed by atoms with E-state index in [-0.39, 0.29) is 17.9 Å². The van der Waals surface area contributed by atoms with Gasteiger partial charge in [0.1, 0.15) is 0 Å². The Morgan fingerprint density at radius 1 is 0.862 bits per heavy atom. The molecule has 146 valence electrons. The van der Waals surface area contributed by atoms with Crippen LogP contribution in [0.4, 0.5) is 5.69 Å². The summed E-state index contributed by atoms with van der Waals surface area (Å²) in [5.41, 5.74) is 4.02. The summed E-state index contributed by atoms with van der Waals surface area (Å²) in [4.78, 5) is 25.1. The first-order valence-electron chi connectivity index (χ1n) is 9.53. The summed E-state index contributed by atoms with van der Waals surface area (Å²) < 4.78 is 0. The Kier molecular flexibility index (Phi) is 6.59. The van der Waals surface area contributed by atoms with Gasteiger partial charge in [-0.1, -0.05) is 72.3 Å². The molecule has 2 N–H and O–H groups in total. The van der Waals surface area contributed by atoms with Crippen LogP contribution in [-0.4, -0.2) is 11.8 Å². The molecule has 4 heteroatoms. The zero-order chi connectivity index (χ0) is 20.6. The third-order valence-corrected chi connectivity index (χ3v) is 4.58. The zero-order valence-corrected chi connectivity index (χ0v) is 16.6. The van der Waals surface area contributed by atoms with Crippen molar-refractivity contribution < 1.29 is 9.59 Å². The van der Waals surface area contributed by atoms with Crippen molar-refractivity contribution >= 4 is 23.6 Å². The van der Waals surface area contributed by atoms with Crippen LogP contribution >= 0.6 is 0 Å². The molecule has 4 nitrogen and oxygen atoms in total. The summed E-state index contributed by atoms with van der Waals surface area (Å²) in [6, 6.07) is 24.5. The summed E-state index contributed by atoms with van der Waals surface area (Å²) in [5.74, 6) is -0.526. The average molecular weight is 384 g/mol. The van der Waals surface area contributed by atoms with E-state index in [0.29, 0.717) is 11.3 Å². The molecule has 0 aliphatic heterocycles. The summed E-state index contributed by atoms with van der Waals surface area (Å²) in [6.45, 7) is 3.94. The van der Waals surface area contributed by atoms with Crippen LogP contribution in [0, 0.1) is 6.92 Å². The van der Waals surface area contributed by atoms with Crippen LogP contribution < -0.4 is 10.6 Å². The molecule has 3 rings (SSSR count). The molecule has 0 bridgehead atoms. The van der Waals surface area contributed by atoms with Gasteiger partial charge in [0.25, 0.3) is 5.91 Å². The minimum atomic E-state index is -0.290. The lowest BCUT2D eigenvalue weighted by Gasteiger charge is -2.16. The number of carbonyl (C=O) groups excluding carboxylic acids is 2. The van der Waals surface area contributed by atoms with Gasteiger partial charge < -0.3 is 10.6 Å². The third-order valence-electron chi connectivity index (χ3n) is 4.58. The molecule has 2 amide bonds. The summed E-state index contributed by atoms with van der Waals surface area (Å²) in [7, 11) is 0. The van der Waals surface area contributed by atoms with Gasteiger partial charge in [0.15, 0.2) is 0 Å². The number of para-hydroxylation sites is 1. The molecule has 0 fully saturated rings. The van der Waals surface area contributed by atoms with Crippen molar-refractivity contribution in [1.29, 1.82) is 0 Å². The number of amides is 2. The predicted molar refractivity (Wildman–Crippen MR) is 118 cm³/mol. The second-order valence-corrected chi connectivity index (χ2v) is 6.88. The Balaban J connectivity index is 1.68. The SMILES string of the molecule is Cc1ccc(/C=C/C(=O)Nc2ccccc2C(=O)NC(C)c2ccccc2)cc1. The number of carbonyl (C=O) groups is 2. The highest BCUT2D eigenvalue weighted by Crippen LogP contribution is 2.18. The number of rotatable bonds is 6. The highest BCUT2D eigenvalue weighted by Gasteiger charge is 2.15. The van der Waals surface area contributed by atoms with Gasteiger partial charge in [0.05, 0.1) is 17.3 Å². The lowest BCUT2D eigenvalue weighted by atomic mass is 10.1. The number of anilines is 1. The fourth-order valence-corrected chi connectivity index (χ4v) is 2.91. The minimum absolute atomic E-state index is 0.145. The Morgan fingerprint density at radius 3 is 2.24 bits per heavy atom. The van der Waals surface area contributed by atoms with Gasteiger partial charge >= 0.3 is 0 Å². The summed E-state index contributed by atoms with van der Waals surface area (Å²) >= 11 is 0. The van der Waals surface area contributed by atoms with E-state index in [9.17, 15) is 9.59 Å². The van der Waals surface area contributed by atoms with Crippen LogP contribution in [0.3, 0.4) is 0 Å². The van der Waals surface area contributed by atoms with Gasteiger partial charge in [-0.3, -0.25) is 9.59 Å². The van der Waals surface area contributed by atoms with Crippen molar-refractivity contribution in [2.24, 2.45) is 0 Å². The van der Waals surface area contributed by atoms with Crippen LogP contribution in [0.1, 0.15) is 40.0 Å². The van der Waals surface area contributed by atoms with Gasteiger partial charge in [-0.2, -0.15) is 0 Å². The number of aryl methyl sites for hydroxylation is 1. The Hall–Kier alpha value is -3.66. The fourth-order valence-electron chi connectivity index (χ4n) is 2.91. The lowest BCUT2D eigenvalue weighted by Crippen LogP contribution is -2.27. The van der Waals surface area contributed by atoms with Crippen LogP contribution in [-0.2, 0) is 4.79 Å². The molecule has 0 saturated carbocycles. The van der Waals surface area contributed by atoms with Crippen LogP contribution in [0.2, 0.25) is 0 Å². The van der Waals surface area contributed by atoms with Crippen LogP contribution in [0.15, 0.2) is 84.9 Å². The van der Waals surface area contributed by atoms with Crippen molar-refractivity contribution in [3.63, 3.8) is 0 Å². The van der Waals surface area contributed by atoms with E-state index in [2.05, 4.69) is 10.6 Å². The molecular formula is C25H24N2O2. The van der Waals surface area contributed by atoms with Crippen LogP contribution in [0.25, 0.3) is 6.08 Å². The van der Waals surface area contributed by atoms with Gasteiger partial charge in [-0.15, -0.1) is 0 Å². The third kappa shape index (κ3) is 5.66. The maximum absolute atomic E-state index is 12.8. The number of benzene rings is 3. The molecule has 0 radical (unpaired) electrons. The zero-order valence-electron chi connectivity index (χ0n) is 16.6. The number of hydrogen-bond acceptors (Lipinski definition) is 2. The van der Waals surface area contributed by atoms with E-state index < -0.39 is 0 Å². The fraction of sp³-hybridized carbons (Fsp3) is 0.120. The van der Waals surface area contributed by atoms with Gasteiger partial charge in [-0.25, -0.2) is 0 Å². The largest absolute Gasteiger partial charge is 0.345 e. The van der Waals surface area contributed by atoms with E-state index in [4.69, 9.17) is 0 Å². The highest BCUT2D eigenvalue weighted by atomic mass is 16.2. The van der Waals surface area contributed by atoms with E-state index in [0.717, 1.165) is 16.7 Å². The van der Waals surface area contributed by atoms with Crippen LogP contribution in [0.5, 0.6) is 0 Å². The monoisotopic (exact) mass is 384 g/mol. The molecule has 0 aliphatic carbocycles. The molecule has 29 heavy (non-hydrogen) atoms. The Labute approximate surface area is 171 Å². The molecular weight excluding hydrogens is 360 g/mol. The smallest absolute Gasteiger partial charge is 0.253 e. The molecule has 0 aromatic heterocycles. The van der Waals surface area contributed by atoms with Crippen molar-refractivity contribution in [3.05, 3.63) is 107 Å². The topological polar surface area (TPSA) is 58.2 Å². The van der Waals surface area contributed by atoms with Gasteiger partial charge in [-0.05, 0) is 43.2 Å².